The van der Waals surface area contributed by atoms with Gasteiger partial charge in [0.1, 0.15) is 0 Å². The number of fused-ring (bicyclic) bond motifs is 1. The molecule has 0 unspecified atom stereocenters. The summed E-state index contributed by atoms with van der Waals surface area (Å²) >= 11 is 1.71. The van der Waals surface area contributed by atoms with Gasteiger partial charge < -0.3 is 5.32 Å². The molecule has 8 nitrogen and oxygen atoms in total. The standard InChI is InChI=1S/C24H27N7OS/c1-29-12-13-30(16-19-5-2-3-10-25-19)17-21(29)23-28-27-22-8-7-18(15-31(22)23)24(32)26-11-9-20-6-4-14-33-20/h2-8,10,14-15,21H,9,11-13,16-17H2,1H3,(H,26,32)/t21-/m1/s1. The number of carbonyl (C=O) groups is 1. The van der Waals surface area contributed by atoms with E-state index in [1.807, 2.05) is 47.1 Å². The van der Waals surface area contributed by atoms with Crippen molar-refractivity contribution in [1.29, 1.82) is 0 Å². The molecule has 1 atom stereocenters. The Hall–Kier alpha value is -3.14. The first-order chi connectivity index (χ1) is 16.2. The molecule has 0 aromatic carbocycles. The summed E-state index contributed by atoms with van der Waals surface area (Å²) in [4.78, 5) is 23.2. The van der Waals surface area contributed by atoms with Crippen LogP contribution in [0, 0.1) is 0 Å². The largest absolute Gasteiger partial charge is 0.352 e. The average Bonchev–Trinajstić information content (AvgIpc) is 3.50. The van der Waals surface area contributed by atoms with Crippen LogP contribution in [0.1, 0.15) is 32.8 Å². The van der Waals surface area contributed by atoms with E-state index in [1.165, 1.54) is 4.88 Å². The average molecular weight is 462 g/mol. The normalized spacial score (nSPS) is 17.4. The van der Waals surface area contributed by atoms with Gasteiger partial charge in [-0.3, -0.25) is 24.0 Å². The van der Waals surface area contributed by atoms with Crippen LogP contribution in [-0.2, 0) is 13.0 Å². The van der Waals surface area contributed by atoms with Crippen LogP contribution >= 0.6 is 11.3 Å². The molecule has 33 heavy (non-hydrogen) atoms. The summed E-state index contributed by atoms with van der Waals surface area (Å²) in [6.45, 7) is 4.14. The van der Waals surface area contributed by atoms with Gasteiger partial charge in [0.05, 0.1) is 17.3 Å². The van der Waals surface area contributed by atoms with Gasteiger partial charge in [-0.05, 0) is 49.2 Å². The van der Waals surface area contributed by atoms with Crippen LogP contribution in [0.3, 0.4) is 0 Å². The third-order valence-corrected chi connectivity index (χ3v) is 7.01. The van der Waals surface area contributed by atoms with Gasteiger partial charge in [0.25, 0.3) is 5.91 Å². The molecule has 1 fully saturated rings. The van der Waals surface area contributed by atoms with Gasteiger partial charge in [0, 0.05) is 50.0 Å². The van der Waals surface area contributed by atoms with Gasteiger partial charge in [-0.15, -0.1) is 21.5 Å². The monoisotopic (exact) mass is 461 g/mol. The lowest BCUT2D eigenvalue weighted by molar-refractivity contribution is 0.0844. The van der Waals surface area contributed by atoms with E-state index in [1.54, 1.807) is 11.3 Å². The van der Waals surface area contributed by atoms with Gasteiger partial charge in [-0.25, -0.2) is 0 Å². The van der Waals surface area contributed by atoms with Crippen LogP contribution in [0.25, 0.3) is 5.65 Å². The summed E-state index contributed by atoms with van der Waals surface area (Å²) < 4.78 is 1.96. The van der Waals surface area contributed by atoms with Crippen LogP contribution in [0.15, 0.2) is 60.2 Å². The summed E-state index contributed by atoms with van der Waals surface area (Å²) in [7, 11) is 2.12. The highest BCUT2D eigenvalue weighted by Gasteiger charge is 2.29. The second-order valence-corrected chi connectivity index (χ2v) is 9.37. The minimum atomic E-state index is -0.0816. The van der Waals surface area contributed by atoms with Gasteiger partial charge in [-0.1, -0.05) is 12.1 Å². The van der Waals surface area contributed by atoms with Crippen molar-refractivity contribution in [2.24, 2.45) is 0 Å². The minimum Gasteiger partial charge on any atom is -0.352 e. The number of aromatic nitrogens is 4. The summed E-state index contributed by atoms with van der Waals surface area (Å²) in [5.41, 5.74) is 2.42. The number of nitrogens with one attached hydrogen (secondary N) is 1. The van der Waals surface area contributed by atoms with Crippen molar-refractivity contribution in [2.45, 2.75) is 19.0 Å². The fourth-order valence-corrected chi connectivity index (χ4v) is 4.91. The molecule has 4 aromatic heterocycles. The summed E-state index contributed by atoms with van der Waals surface area (Å²) in [5.74, 6) is 0.772. The number of carbonyl (C=O) groups excluding carboxylic acids is 1. The van der Waals surface area contributed by atoms with E-state index in [0.29, 0.717) is 12.1 Å². The summed E-state index contributed by atoms with van der Waals surface area (Å²) in [6, 6.07) is 13.9. The zero-order valence-electron chi connectivity index (χ0n) is 18.6. The Morgan fingerprint density at radius 1 is 1.15 bits per heavy atom. The Labute approximate surface area is 196 Å². The molecule has 4 aromatic rings. The Morgan fingerprint density at radius 2 is 2.09 bits per heavy atom. The molecule has 0 spiro atoms. The summed E-state index contributed by atoms with van der Waals surface area (Å²) in [5, 5.41) is 13.9. The van der Waals surface area contributed by atoms with Crippen molar-refractivity contribution in [3.63, 3.8) is 0 Å². The molecule has 5 heterocycles. The fraction of sp³-hybridized carbons (Fsp3) is 0.333. The topological polar surface area (TPSA) is 78.7 Å². The number of nitrogens with zero attached hydrogens (tertiary/aromatic N) is 6. The van der Waals surface area contributed by atoms with Crippen LogP contribution in [0.4, 0.5) is 0 Å². The Morgan fingerprint density at radius 3 is 2.91 bits per heavy atom. The van der Waals surface area contributed by atoms with E-state index in [2.05, 4.69) is 54.9 Å². The highest BCUT2D eigenvalue weighted by atomic mass is 32.1. The molecule has 1 aliphatic rings. The number of piperazine rings is 1. The Kier molecular flexibility index (Phi) is 6.43. The smallest absolute Gasteiger partial charge is 0.252 e. The first-order valence-electron chi connectivity index (χ1n) is 11.1. The first kappa shape index (κ1) is 21.7. The molecule has 1 aliphatic heterocycles. The number of hydrogen-bond donors (Lipinski definition) is 1. The van der Waals surface area contributed by atoms with E-state index >= 15 is 0 Å². The zero-order valence-corrected chi connectivity index (χ0v) is 19.4. The molecule has 1 N–H and O–H groups in total. The second kappa shape index (κ2) is 9.78. The van der Waals surface area contributed by atoms with Crippen molar-refractivity contribution in [2.75, 3.05) is 33.2 Å². The molecule has 5 rings (SSSR count). The van der Waals surface area contributed by atoms with E-state index in [9.17, 15) is 4.79 Å². The van der Waals surface area contributed by atoms with Gasteiger partial charge in [-0.2, -0.15) is 0 Å². The molecule has 170 valence electrons. The molecule has 1 amide bonds. The Balaban J connectivity index is 1.31. The molecule has 0 bridgehead atoms. The van der Waals surface area contributed by atoms with Crippen molar-refractivity contribution in [3.05, 3.63) is 82.2 Å². The van der Waals surface area contributed by atoms with E-state index in [4.69, 9.17) is 0 Å². The SMILES string of the molecule is CN1CCN(Cc2ccccn2)C[C@@H]1c1nnc2ccc(C(=O)NCCc3cccs3)cn12. The number of amides is 1. The molecular formula is C24H27N7OS. The molecule has 1 saturated heterocycles. The summed E-state index contributed by atoms with van der Waals surface area (Å²) in [6.07, 6.45) is 4.53. The lowest BCUT2D eigenvalue weighted by Gasteiger charge is -2.38. The van der Waals surface area contributed by atoms with Crippen LogP contribution in [0.2, 0.25) is 0 Å². The third kappa shape index (κ3) is 4.95. The zero-order chi connectivity index (χ0) is 22.6. The minimum absolute atomic E-state index is 0.0783. The predicted molar refractivity (Wildman–Crippen MR) is 128 cm³/mol. The predicted octanol–water partition coefficient (Wildman–Crippen LogP) is 2.65. The van der Waals surface area contributed by atoms with Gasteiger partial charge >= 0.3 is 0 Å². The van der Waals surface area contributed by atoms with Crippen LogP contribution < -0.4 is 5.32 Å². The third-order valence-electron chi connectivity index (χ3n) is 6.07. The number of hydrogen-bond acceptors (Lipinski definition) is 7. The van der Waals surface area contributed by atoms with E-state index in [0.717, 1.165) is 49.8 Å². The highest BCUT2D eigenvalue weighted by Crippen LogP contribution is 2.24. The molecule has 0 saturated carbocycles. The lowest BCUT2D eigenvalue weighted by atomic mass is 10.1. The van der Waals surface area contributed by atoms with Crippen LogP contribution in [-0.4, -0.2) is 68.5 Å². The van der Waals surface area contributed by atoms with E-state index < -0.39 is 0 Å². The highest BCUT2D eigenvalue weighted by molar-refractivity contribution is 7.09. The molecule has 0 aliphatic carbocycles. The first-order valence-corrected chi connectivity index (χ1v) is 12.0. The fourth-order valence-electron chi connectivity index (χ4n) is 4.20. The number of likely N-dealkylation sites (N-methyl/N-ethyl adjacent to an activating group) is 1. The number of rotatable bonds is 7. The molecule has 0 radical (unpaired) electrons. The molecular weight excluding hydrogens is 434 g/mol. The van der Waals surface area contributed by atoms with Crippen molar-refractivity contribution in [1.82, 2.24) is 34.7 Å². The van der Waals surface area contributed by atoms with Crippen molar-refractivity contribution in [3.8, 4) is 0 Å². The lowest BCUT2D eigenvalue weighted by Crippen LogP contribution is -2.46. The number of pyridine rings is 2. The van der Waals surface area contributed by atoms with Gasteiger partial charge in [0.15, 0.2) is 11.5 Å². The van der Waals surface area contributed by atoms with Crippen molar-refractivity contribution < 1.29 is 4.79 Å². The quantitative estimate of drug-likeness (QED) is 0.456. The molecule has 9 heteroatoms. The second-order valence-electron chi connectivity index (χ2n) is 8.34. The van der Waals surface area contributed by atoms with Crippen molar-refractivity contribution >= 4 is 22.9 Å². The number of thiophene rings is 1. The Bertz CT molecular complexity index is 1210. The maximum absolute atomic E-state index is 12.8. The van der Waals surface area contributed by atoms with E-state index in [-0.39, 0.29) is 11.9 Å². The maximum atomic E-state index is 12.8. The maximum Gasteiger partial charge on any atom is 0.252 e. The van der Waals surface area contributed by atoms with Gasteiger partial charge in [0.2, 0.25) is 0 Å². The van der Waals surface area contributed by atoms with Crippen LogP contribution in [0.5, 0.6) is 0 Å².